The highest BCUT2D eigenvalue weighted by atomic mass is 35.5. The van der Waals surface area contributed by atoms with Gasteiger partial charge < -0.3 is 15.5 Å². The predicted molar refractivity (Wildman–Crippen MR) is 73.2 cm³/mol. The van der Waals surface area contributed by atoms with Crippen molar-refractivity contribution >= 4 is 29.4 Å². The molecule has 0 radical (unpaired) electrons. The Morgan fingerprint density at radius 1 is 1.35 bits per heavy atom. The van der Waals surface area contributed by atoms with Gasteiger partial charge in [-0.1, -0.05) is 11.6 Å². The highest BCUT2D eigenvalue weighted by Gasteiger charge is 2.25. The van der Waals surface area contributed by atoms with Crippen LogP contribution in [0.25, 0.3) is 0 Å². The zero-order valence-corrected chi connectivity index (χ0v) is 11.5. The second-order valence-corrected chi connectivity index (χ2v) is 4.71. The standard InChI is InChI=1S/C12H15ClN4O3/c13-10-9(5-4-6-15-10)17(11(14)18)20-12(19)16-7-2-1-3-8-16/h4-6H,1-3,7-8H2,(H2,14,18). The van der Waals surface area contributed by atoms with Crippen molar-refractivity contribution in [1.29, 1.82) is 0 Å². The summed E-state index contributed by atoms with van der Waals surface area (Å²) in [5.74, 6) is 0. The number of halogens is 1. The maximum atomic E-state index is 12.0. The number of urea groups is 1. The van der Waals surface area contributed by atoms with Crippen LogP contribution in [-0.2, 0) is 4.84 Å². The van der Waals surface area contributed by atoms with Gasteiger partial charge in [0.15, 0.2) is 5.15 Å². The van der Waals surface area contributed by atoms with Crippen molar-refractivity contribution in [1.82, 2.24) is 9.88 Å². The van der Waals surface area contributed by atoms with E-state index in [9.17, 15) is 9.59 Å². The zero-order chi connectivity index (χ0) is 14.5. The summed E-state index contributed by atoms with van der Waals surface area (Å²) in [6.45, 7) is 1.21. The Morgan fingerprint density at radius 2 is 2.05 bits per heavy atom. The summed E-state index contributed by atoms with van der Waals surface area (Å²) in [5, 5.41) is 0.685. The molecule has 2 heterocycles. The van der Waals surface area contributed by atoms with E-state index in [1.54, 1.807) is 6.07 Å². The first-order valence-corrected chi connectivity index (χ1v) is 6.64. The summed E-state index contributed by atoms with van der Waals surface area (Å²) in [4.78, 5) is 33.8. The van der Waals surface area contributed by atoms with Crippen LogP contribution in [0.1, 0.15) is 19.3 Å². The van der Waals surface area contributed by atoms with Gasteiger partial charge in [-0.2, -0.15) is 0 Å². The van der Waals surface area contributed by atoms with Gasteiger partial charge in [-0.05, 0) is 31.4 Å². The first kappa shape index (κ1) is 14.4. The number of likely N-dealkylation sites (tertiary alicyclic amines) is 1. The fourth-order valence-corrected chi connectivity index (χ4v) is 2.15. The minimum Gasteiger partial charge on any atom is -0.349 e. The highest BCUT2D eigenvalue weighted by Crippen LogP contribution is 2.23. The van der Waals surface area contributed by atoms with Crippen molar-refractivity contribution in [3.05, 3.63) is 23.5 Å². The zero-order valence-electron chi connectivity index (χ0n) is 10.8. The summed E-state index contributed by atoms with van der Waals surface area (Å²) >= 11 is 5.87. The first-order valence-electron chi connectivity index (χ1n) is 6.26. The average Bonchev–Trinajstić information content (AvgIpc) is 2.46. The lowest BCUT2D eigenvalue weighted by Gasteiger charge is -2.28. The van der Waals surface area contributed by atoms with Crippen LogP contribution in [0.15, 0.2) is 18.3 Å². The van der Waals surface area contributed by atoms with Crippen LogP contribution in [0.3, 0.4) is 0 Å². The van der Waals surface area contributed by atoms with Gasteiger partial charge in [-0.25, -0.2) is 14.6 Å². The second-order valence-electron chi connectivity index (χ2n) is 4.35. The van der Waals surface area contributed by atoms with E-state index in [1.165, 1.54) is 17.2 Å². The number of anilines is 1. The van der Waals surface area contributed by atoms with Crippen molar-refractivity contribution in [2.24, 2.45) is 5.73 Å². The van der Waals surface area contributed by atoms with Crippen molar-refractivity contribution in [3.63, 3.8) is 0 Å². The lowest BCUT2D eigenvalue weighted by molar-refractivity contribution is 0.0907. The molecule has 0 spiro atoms. The first-order chi connectivity index (χ1) is 9.59. The van der Waals surface area contributed by atoms with E-state index in [4.69, 9.17) is 22.2 Å². The Bertz CT molecular complexity index is 505. The molecule has 8 heteroatoms. The van der Waals surface area contributed by atoms with E-state index in [2.05, 4.69) is 4.98 Å². The monoisotopic (exact) mass is 298 g/mol. The van der Waals surface area contributed by atoms with Crippen molar-refractivity contribution in [2.75, 3.05) is 18.2 Å². The quantitative estimate of drug-likeness (QED) is 0.635. The second kappa shape index (κ2) is 6.42. The van der Waals surface area contributed by atoms with Gasteiger partial charge in [0.1, 0.15) is 5.69 Å². The number of hydrogen-bond donors (Lipinski definition) is 1. The molecule has 20 heavy (non-hydrogen) atoms. The lowest BCUT2D eigenvalue weighted by atomic mass is 10.1. The number of amides is 3. The third kappa shape index (κ3) is 3.30. The molecule has 2 N–H and O–H groups in total. The maximum Gasteiger partial charge on any atom is 0.434 e. The van der Waals surface area contributed by atoms with Crippen molar-refractivity contribution < 1.29 is 14.4 Å². The summed E-state index contributed by atoms with van der Waals surface area (Å²) in [5.41, 5.74) is 5.35. The SMILES string of the molecule is NC(=O)N(OC(=O)N1CCCCC1)c1cccnc1Cl. The van der Waals surface area contributed by atoms with Crippen LogP contribution in [0.2, 0.25) is 5.15 Å². The summed E-state index contributed by atoms with van der Waals surface area (Å²) in [7, 11) is 0. The Hall–Kier alpha value is -2.02. The van der Waals surface area contributed by atoms with Gasteiger partial charge in [-0.15, -0.1) is 5.06 Å². The molecule has 108 valence electrons. The molecule has 0 aromatic carbocycles. The third-order valence-electron chi connectivity index (χ3n) is 2.94. The molecule has 0 atom stereocenters. The van der Waals surface area contributed by atoms with Crippen LogP contribution >= 0.6 is 11.6 Å². The number of nitrogens with zero attached hydrogens (tertiary/aromatic N) is 3. The van der Waals surface area contributed by atoms with Gasteiger partial charge >= 0.3 is 12.1 Å². The van der Waals surface area contributed by atoms with E-state index in [-0.39, 0.29) is 10.8 Å². The van der Waals surface area contributed by atoms with Crippen molar-refractivity contribution in [2.45, 2.75) is 19.3 Å². The van der Waals surface area contributed by atoms with E-state index in [0.717, 1.165) is 19.3 Å². The summed E-state index contributed by atoms with van der Waals surface area (Å²) in [6, 6.07) is 2.11. The molecule has 3 amide bonds. The van der Waals surface area contributed by atoms with Gasteiger partial charge in [0.05, 0.1) is 0 Å². The highest BCUT2D eigenvalue weighted by molar-refractivity contribution is 6.32. The Balaban J connectivity index is 2.12. The minimum absolute atomic E-state index is 0.0257. The summed E-state index contributed by atoms with van der Waals surface area (Å²) in [6.07, 6.45) is 3.75. The molecule has 0 aliphatic carbocycles. The van der Waals surface area contributed by atoms with Gasteiger partial charge in [0.2, 0.25) is 0 Å². The largest absolute Gasteiger partial charge is 0.434 e. The predicted octanol–water partition coefficient (Wildman–Crippen LogP) is 2.16. The number of hydrogen-bond acceptors (Lipinski definition) is 4. The molecule has 1 aromatic rings. The number of aromatic nitrogens is 1. The Kier molecular flexibility index (Phi) is 4.62. The average molecular weight is 299 g/mol. The van der Waals surface area contributed by atoms with Crippen molar-refractivity contribution in [3.8, 4) is 0 Å². The minimum atomic E-state index is -0.940. The third-order valence-corrected chi connectivity index (χ3v) is 3.23. The lowest BCUT2D eigenvalue weighted by Crippen LogP contribution is -2.44. The molecule has 0 unspecified atom stereocenters. The summed E-state index contributed by atoms with van der Waals surface area (Å²) < 4.78 is 0. The van der Waals surface area contributed by atoms with E-state index >= 15 is 0 Å². The van der Waals surface area contributed by atoms with Gasteiger partial charge in [-0.3, -0.25) is 0 Å². The number of pyridine rings is 1. The van der Waals surface area contributed by atoms with Crippen LogP contribution < -0.4 is 10.8 Å². The molecule has 1 saturated heterocycles. The fraction of sp³-hybridized carbons (Fsp3) is 0.417. The van der Waals surface area contributed by atoms with Crippen LogP contribution in [0, 0.1) is 0 Å². The molecule has 2 rings (SSSR count). The van der Waals surface area contributed by atoms with E-state index in [1.807, 2.05) is 0 Å². The van der Waals surface area contributed by atoms with E-state index in [0.29, 0.717) is 18.2 Å². The molecule has 1 aliphatic rings. The molecule has 1 aromatic heterocycles. The number of carbonyl (C=O) groups excluding carboxylic acids is 2. The molecule has 0 saturated carbocycles. The fourth-order valence-electron chi connectivity index (χ4n) is 1.95. The number of primary amides is 1. The molecule has 7 nitrogen and oxygen atoms in total. The van der Waals surface area contributed by atoms with E-state index < -0.39 is 12.1 Å². The molecular weight excluding hydrogens is 284 g/mol. The Morgan fingerprint density at radius 3 is 2.65 bits per heavy atom. The maximum absolute atomic E-state index is 12.0. The number of piperidine rings is 1. The number of hydroxylamine groups is 1. The molecular formula is C12H15ClN4O3. The van der Waals surface area contributed by atoms with Crippen LogP contribution in [-0.4, -0.2) is 35.1 Å². The van der Waals surface area contributed by atoms with Crippen LogP contribution in [0.4, 0.5) is 15.3 Å². The molecule has 0 bridgehead atoms. The number of rotatable bonds is 1. The number of carbonyl (C=O) groups is 2. The topological polar surface area (TPSA) is 88.8 Å². The molecule has 1 fully saturated rings. The Labute approximate surface area is 121 Å². The normalized spacial score (nSPS) is 14.8. The number of nitrogens with two attached hydrogens (primary N) is 1. The van der Waals surface area contributed by atoms with Gasteiger partial charge in [0.25, 0.3) is 0 Å². The molecule has 1 aliphatic heterocycles. The van der Waals surface area contributed by atoms with Crippen LogP contribution in [0.5, 0.6) is 0 Å². The smallest absolute Gasteiger partial charge is 0.349 e. The van der Waals surface area contributed by atoms with Gasteiger partial charge in [0, 0.05) is 19.3 Å².